The highest BCUT2D eigenvalue weighted by Gasteiger charge is 2.23. The van der Waals surface area contributed by atoms with E-state index in [0.717, 1.165) is 13.1 Å². The van der Waals surface area contributed by atoms with Gasteiger partial charge in [-0.15, -0.1) is 0 Å². The molecule has 1 unspecified atom stereocenters. The molecule has 5 heteroatoms. The molecule has 5 nitrogen and oxygen atoms in total. The first-order valence-electron chi connectivity index (χ1n) is 6.48. The summed E-state index contributed by atoms with van der Waals surface area (Å²) in [5.74, 6) is 0.649. The highest BCUT2D eigenvalue weighted by molar-refractivity contribution is 5.95. The molecule has 0 radical (unpaired) electrons. The molecule has 0 aliphatic carbocycles. The maximum absolute atomic E-state index is 12.2. The fourth-order valence-corrected chi connectivity index (χ4v) is 2.12. The molecular weight excluding hydrogens is 244 g/mol. The topological polar surface area (TPSA) is 50.8 Å². The standard InChI is InChI=1S/C14H20N2O3/c1-11(16-7-9-19-10-8-16)14(17)15-12-5-3-4-6-13(12)18-2/h3-6,11H,7-10H2,1-2H3,(H,15,17). The smallest absolute Gasteiger partial charge is 0.241 e. The molecular formula is C14H20N2O3. The number of ether oxygens (including phenoxy) is 2. The van der Waals surface area contributed by atoms with Crippen LogP contribution in [0.15, 0.2) is 24.3 Å². The van der Waals surface area contributed by atoms with Gasteiger partial charge in [0.15, 0.2) is 0 Å². The molecule has 1 aliphatic rings. The number of amides is 1. The van der Waals surface area contributed by atoms with Gasteiger partial charge in [0.1, 0.15) is 5.75 Å². The van der Waals surface area contributed by atoms with Gasteiger partial charge in [0, 0.05) is 13.1 Å². The van der Waals surface area contributed by atoms with E-state index in [1.807, 2.05) is 31.2 Å². The van der Waals surface area contributed by atoms with Crippen LogP contribution < -0.4 is 10.1 Å². The van der Waals surface area contributed by atoms with E-state index < -0.39 is 0 Å². The predicted octanol–water partition coefficient (Wildman–Crippen LogP) is 1.35. The van der Waals surface area contributed by atoms with Crippen LogP contribution in [0.5, 0.6) is 5.75 Å². The minimum Gasteiger partial charge on any atom is -0.495 e. The van der Waals surface area contributed by atoms with Crippen LogP contribution >= 0.6 is 0 Å². The van der Waals surface area contributed by atoms with E-state index in [4.69, 9.17) is 9.47 Å². The number of carbonyl (C=O) groups is 1. The van der Waals surface area contributed by atoms with Crippen molar-refractivity contribution in [3.63, 3.8) is 0 Å². The molecule has 1 saturated heterocycles. The number of anilines is 1. The molecule has 19 heavy (non-hydrogen) atoms. The third kappa shape index (κ3) is 3.45. The first-order chi connectivity index (χ1) is 9.22. The summed E-state index contributed by atoms with van der Waals surface area (Å²) < 4.78 is 10.5. The fourth-order valence-electron chi connectivity index (χ4n) is 2.12. The summed E-state index contributed by atoms with van der Waals surface area (Å²) in [6, 6.07) is 7.24. The number of carbonyl (C=O) groups excluding carboxylic acids is 1. The molecule has 1 aromatic carbocycles. The number of morpholine rings is 1. The average Bonchev–Trinajstić information content (AvgIpc) is 2.48. The molecule has 0 bridgehead atoms. The Labute approximate surface area is 113 Å². The van der Waals surface area contributed by atoms with E-state index in [0.29, 0.717) is 24.7 Å². The van der Waals surface area contributed by atoms with E-state index in [-0.39, 0.29) is 11.9 Å². The zero-order chi connectivity index (χ0) is 13.7. The second-order valence-electron chi connectivity index (χ2n) is 4.51. The summed E-state index contributed by atoms with van der Waals surface area (Å²) in [6.07, 6.45) is 0. The summed E-state index contributed by atoms with van der Waals surface area (Å²) >= 11 is 0. The van der Waals surface area contributed by atoms with Crippen molar-refractivity contribution in [2.75, 3.05) is 38.7 Å². The van der Waals surface area contributed by atoms with Gasteiger partial charge in [-0.05, 0) is 19.1 Å². The van der Waals surface area contributed by atoms with E-state index in [1.54, 1.807) is 7.11 Å². The summed E-state index contributed by atoms with van der Waals surface area (Å²) in [7, 11) is 1.59. The fraction of sp³-hybridized carbons (Fsp3) is 0.500. The molecule has 0 saturated carbocycles. The Morgan fingerprint density at radius 3 is 2.74 bits per heavy atom. The monoisotopic (exact) mass is 264 g/mol. The minimum atomic E-state index is -0.172. The van der Waals surface area contributed by atoms with Gasteiger partial charge in [-0.25, -0.2) is 0 Å². The van der Waals surface area contributed by atoms with Crippen LogP contribution in [0.25, 0.3) is 0 Å². The van der Waals surface area contributed by atoms with Crippen molar-refractivity contribution in [3.05, 3.63) is 24.3 Å². The van der Waals surface area contributed by atoms with Crippen molar-refractivity contribution in [3.8, 4) is 5.75 Å². The van der Waals surface area contributed by atoms with Crippen LogP contribution in [0.2, 0.25) is 0 Å². The van der Waals surface area contributed by atoms with Crippen LogP contribution in [0, 0.1) is 0 Å². The minimum absolute atomic E-state index is 0.0219. The quantitative estimate of drug-likeness (QED) is 0.892. The summed E-state index contributed by atoms with van der Waals surface area (Å²) in [6.45, 7) is 4.87. The lowest BCUT2D eigenvalue weighted by Crippen LogP contribution is -2.47. The van der Waals surface area contributed by atoms with Crippen LogP contribution in [-0.2, 0) is 9.53 Å². The van der Waals surface area contributed by atoms with Crippen LogP contribution in [0.1, 0.15) is 6.92 Å². The van der Waals surface area contributed by atoms with Crippen molar-refractivity contribution in [2.24, 2.45) is 0 Å². The van der Waals surface area contributed by atoms with E-state index in [9.17, 15) is 4.79 Å². The number of nitrogens with one attached hydrogen (secondary N) is 1. The van der Waals surface area contributed by atoms with Crippen molar-refractivity contribution in [1.29, 1.82) is 0 Å². The molecule has 1 fully saturated rings. The lowest BCUT2D eigenvalue weighted by Gasteiger charge is -2.31. The largest absolute Gasteiger partial charge is 0.495 e. The van der Waals surface area contributed by atoms with Gasteiger partial charge in [-0.3, -0.25) is 9.69 Å². The first kappa shape index (κ1) is 13.8. The number of methoxy groups -OCH3 is 1. The Hall–Kier alpha value is -1.59. The maximum Gasteiger partial charge on any atom is 0.241 e. The highest BCUT2D eigenvalue weighted by atomic mass is 16.5. The van der Waals surface area contributed by atoms with Gasteiger partial charge in [0.2, 0.25) is 5.91 Å². The molecule has 1 aliphatic heterocycles. The van der Waals surface area contributed by atoms with E-state index in [1.165, 1.54) is 0 Å². The van der Waals surface area contributed by atoms with Crippen LogP contribution in [0.3, 0.4) is 0 Å². The summed E-state index contributed by atoms with van der Waals surface area (Å²) in [5.41, 5.74) is 0.704. The highest BCUT2D eigenvalue weighted by Crippen LogP contribution is 2.23. The van der Waals surface area contributed by atoms with E-state index >= 15 is 0 Å². The van der Waals surface area contributed by atoms with Crippen LogP contribution in [-0.4, -0.2) is 50.3 Å². The molecule has 1 amide bonds. The molecule has 0 spiro atoms. The third-order valence-corrected chi connectivity index (χ3v) is 3.34. The third-order valence-electron chi connectivity index (χ3n) is 3.34. The number of rotatable bonds is 4. The number of hydrogen-bond donors (Lipinski definition) is 1. The lowest BCUT2D eigenvalue weighted by molar-refractivity contribution is -0.122. The molecule has 1 aromatic rings. The van der Waals surface area contributed by atoms with Gasteiger partial charge in [0.25, 0.3) is 0 Å². The Morgan fingerprint density at radius 1 is 1.37 bits per heavy atom. The number of benzene rings is 1. The number of nitrogens with zero attached hydrogens (tertiary/aromatic N) is 1. The second kappa shape index (κ2) is 6.54. The Morgan fingerprint density at radius 2 is 2.05 bits per heavy atom. The molecule has 1 heterocycles. The predicted molar refractivity (Wildman–Crippen MR) is 73.5 cm³/mol. The Bertz CT molecular complexity index is 430. The Kier molecular flexibility index (Phi) is 4.76. The van der Waals surface area contributed by atoms with Crippen molar-refractivity contribution < 1.29 is 14.3 Å². The molecule has 104 valence electrons. The Balaban J connectivity index is 1.99. The van der Waals surface area contributed by atoms with Gasteiger partial charge in [-0.2, -0.15) is 0 Å². The molecule has 0 aromatic heterocycles. The van der Waals surface area contributed by atoms with Gasteiger partial charge in [-0.1, -0.05) is 12.1 Å². The number of hydrogen-bond acceptors (Lipinski definition) is 4. The van der Waals surface area contributed by atoms with Crippen LogP contribution in [0.4, 0.5) is 5.69 Å². The van der Waals surface area contributed by atoms with Crippen molar-refractivity contribution in [2.45, 2.75) is 13.0 Å². The van der Waals surface area contributed by atoms with Crippen molar-refractivity contribution >= 4 is 11.6 Å². The van der Waals surface area contributed by atoms with Crippen molar-refractivity contribution in [1.82, 2.24) is 4.90 Å². The maximum atomic E-state index is 12.2. The molecule has 2 rings (SSSR count). The first-order valence-corrected chi connectivity index (χ1v) is 6.48. The second-order valence-corrected chi connectivity index (χ2v) is 4.51. The van der Waals surface area contributed by atoms with Gasteiger partial charge in [0.05, 0.1) is 32.1 Å². The summed E-state index contributed by atoms with van der Waals surface area (Å²) in [4.78, 5) is 14.3. The molecule has 1 N–H and O–H groups in total. The number of para-hydroxylation sites is 2. The normalized spacial score (nSPS) is 17.8. The molecule has 1 atom stereocenters. The zero-order valence-electron chi connectivity index (χ0n) is 11.4. The zero-order valence-corrected chi connectivity index (χ0v) is 11.4. The van der Waals surface area contributed by atoms with Gasteiger partial charge >= 0.3 is 0 Å². The van der Waals surface area contributed by atoms with Gasteiger partial charge < -0.3 is 14.8 Å². The average molecular weight is 264 g/mol. The SMILES string of the molecule is COc1ccccc1NC(=O)C(C)N1CCOCC1. The van der Waals surface area contributed by atoms with E-state index in [2.05, 4.69) is 10.2 Å². The lowest BCUT2D eigenvalue weighted by atomic mass is 10.2. The summed E-state index contributed by atoms with van der Waals surface area (Å²) in [5, 5.41) is 2.91.